The Morgan fingerprint density at radius 2 is 2.19 bits per heavy atom. The molecule has 0 fully saturated rings. The normalized spacial score (nSPS) is 10.1. The molecule has 0 atom stereocenters. The molecule has 0 radical (unpaired) electrons. The van der Waals surface area contributed by atoms with Crippen LogP contribution in [0.1, 0.15) is 17.0 Å². The van der Waals surface area contributed by atoms with E-state index in [0.29, 0.717) is 6.54 Å². The summed E-state index contributed by atoms with van der Waals surface area (Å²) in [5.41, 5.74) is 7.44. The first kappa shape index (κ1) is 15.4. The Morgan fingerprint density at radius 1 is 1.38 bits per heavy atom. The maximum Gasteiger partial charge on any atom is 0.191 e. The topological polar surface area (TPSA) is 66.0 Å². The lowest BCUT2D eigenvalue weighted by molar-refractivity contribution is 0.413. The van der Waals surface area contributed by atoms with E-state index in [1.165, 1.54) is 0 Å². The molecule has 0 saturated heterocycles. The van der Waals surface area contributed by atoms with Gasteiger partial charge in [0.05, 0.1) is 19.2 Å². The van der Waals surface area contributed by atoms with E-state index < -0.39 is 0 Å². The lowest BCUT2D eigenvalue weighted by Crippen LogP contribution is -1.96. The maximum atomic E-state index is 5.42. The lowest BCUT2D eigenvalue weighted by atomic mass is 10.1. The summed E-state index contributed by atoms with van der Waals surface area (Å²) >= 11 is 1.64. The first-order valence-corrected chi connectivity index (χ1v) is 7.49. The van der Waals surface area contributed by atoms with Gasteiger partial charge >= 0.3 is 0 Å². The largest absolute Gasteiger partial charge is 0.495 e. The van der Waals surface area contributed by atoms with Crippen LogP contribution in [0.15, 0.2) is 23.4 Å². The summed E-state index contributed by atoms with van der Waals surface area (Å²) in [6.45, 7) is 2.27. The van der Waals surface area contributed by atoms with Crippen molar-refractivity contribution in [2.75, 3.05) is 13.7 Å². The molecule has 0 aliphatic heterocycles. The number of benzene rings is 1. The molecule has 1 aromatic heterocycles. The summed E-state index contributed by atoms with van der Waals surface area (Å²) in [4.78, 5) is 0. The monoisotopic (exact) mass is 302 g/mol. The van der Waals surface area contributed by atoms with Crippen molar-refractivity contribution < 1.29 is 4.74 Å². The zero-order valence-electron chi connectivity index (χ0n) is 12.4. The number of ether oxygens (including phenoxy) is 1. The quantitative estimate of drug-likeness (QED) is 0.688. The first-order valence-electron chi connectivity index (χ1n) is 6.50. The van der Waals surface area contributed by atoms with Crippen molar-refractivity contribution in [3.05, 3.63) is 35.2 Å². The molecule has 6 heteroatoms. The number of rotatable bonds is 4. The van der Waals surface area contributed by atoms with E-state index in [1.54, 1.807) is 18.9 Å². The van der Waals surface area contributed by atoms with E-state index in [9.17, 15) is 0 Å². The Hall–Kier alpha value is -1.97. The van der Waals surface area contributed by atoms with Crippen molar-refractivity contribution in [2.24, 2.45) is 12.8 Å². The minimum atomic E-state index is 0.334. The van der Waals surface area contributed by atoms with Crippen molar-refractivity contribution >= 4 is 11.8 Å². The number of nitrogens with zero attached hydrogens (tertiary/aromatic N) is 3. The van der Waals surface area contributed by atoms with Gasteiger partial charge in [-0.1, -0.05) is 29.7 Å². The van der Waals surface area contributed by atoms with Gasteiger partial charge in [0.2, 0.25) is 0 Å². The highest BCUT2D eigenvalue weighted by atomic mass is 32.2. The number of thioether (sulfide) groups is 1. The van der Waals surface area contributed by atoms with Crippen molar-refractivity contribution in [2.45, 2.75) is 17.8 Å². The van der Waals surface area contributed by atoms with Crippen LogP contribution >= 0.6 is 11.8 Å². The van der Waals surface area contributed by atoms with E-state index >= 15 is 0 Å². The Bertz CT molecular complexity index is 685. The fourth-order valence-electron chi connectivity index (χ4n) is 1.75. The summed E-state index contributed by atoms with van der Waals surface area (Å²) in [5.74, 6) is 8.36. The molecule has 2 aromatic rings. The lowest BCUT2D eigenvalue weighted by Gasteiger charge is -2.06. The number of methoxy groups -OCH3 is 1. The van der Waals surface area contributed by atoms with E-state index in [-0.39, 0.29) is 0 Å². The summed E-state index contributed by atoms with van der Waals surface area (Å²) in [7, 11) is 3.60. The van der Waals surface area contributed by atoms with E-state index in [0.717, 1.165) is 33.6 Å². The molecule has 1 heterocycles. The van der Waals surface area contributed by atoms with Crippen LogP contribution < -0.4 is 10.5 Å². The van der Waals surface area contributed by atoms with Crippen LogP contribution in [-0.4, -0.2) is 28.4 Å². The van der Waals surface area contributed by atoms with Crippen LogP contribution in [0.25, 0.3) is 0 Å². The average molecular weight is 302 g/mol. The van der Waals surface area contributed by atoms with E-state index in [4.69, 9.17) is 10.5 Å². The maximum absolute atomic E-state index is 5.42. The third-order valence-electron chi connectivity index (χ3n) is 3.01. The van der Waals surface area contributed by atoms with Crippen LogP contribution in [0.2, 0.25) is 0 Å². The molecular formula is C15H18N4OS. The molecule has 21 heavy (non-hydrogen) atoms. The Labute approximate surface area is 128 Å². The average Bonchev–Trinajstić information content (AvgIpc) is 2.82. The standard InChI is InChI=1S/C15H18N4OS/c1-11-17-18-15(19(11)2)21-10-12-6-7-14(20-3)13(9-12)5-4-8-16/h6-7,9H,8,10,16H2,1-3H3. The van der Waals surface area contributed by atoms with Gasteiger partial charge in [0.25, 0.3) is 0 Å². The van der Waals surface area contributed by atoms with Crippen molar-refractivity contribution in [1.82, 2.24) is 14.8 Å². The highest BCUT2D eigenvalue weighted by Crippen LogP contribution is 2.25. The molecule has 1 aromatic carbocycles. The summed E-state index contributed by atoms with van der Waals surface area (Å²) in [5, 5.41) is 9.09. The van der Waals surface area contributed by atoms with Crippen molar-refractivity contribution in [1.29, 1.82) is 0 Å². The fourth-order valence-corrected chi connectivity index (χ4v) is 2.65. The Morgan fingerprint density at radius 3 is 2.81 bits per heavy atom. The second kappa shape index (κ2) is 7.16. The highest BCUT2D eigenvalue weighted by Gasteiger charge is 2.07. The molecule has 0 aliphatic carbocycles. The summed E-state index contributed by atoms with van der Waals surface area (Å²) < 4.78 is 7.28. The predicted octanol–water partition coefficient (Wildman–Crippen LogP) is 1.73. The molecule has 0 aliphatic rings. The predicted molar refractivity (Wildman–Crippen MR) is 84.2 cm³/mol. The van der Waals surface area contributed by atoms with Gasteiger partial charge in [-0.2, -0.15) is 0 Å². The molecule has 2 N–H and O–H groups in total. The van der Waals surface area contributed by atoms with E-state index in [1.807, 2.05) is 36.7 Å². The second-order valence-electron chi connectivity index (χ2n) is 4.42. The highest BCUT2D eigenvalue weighted by molar-refractivity contribution is 7.98. The molecule has 0 spiro atoms. The van der Waals surface area contributed by atoms with Crippen molar-refractivity contribution in [3.63, 3.8) is 0 Å². The Balaban J connectivity index is 2.15. The van der Waals surface area contributed by atoms with Gasteiger partial charge in [0.15, 0.2) is 5.16 Å². The first-order chi connectivity index (χ1) is 10.2. The molecule has 5 nitrogen and oxygen atoms in total. The van der Waals surface area contributed by atoms with Gasteiger partial charge in [-0.3, -0.25) is 0 Å². The van der Waals surface area contributed by atoms with Gasteiger partial charge in [-0.05, 0) is 24.6 Å². The van der Waals surface area contributed by atoms with Crippen LogP contribution in [0.4, 0.5) is 0 Å². The molecule has 0 amide bonds. The SMILES string of the molecule is COc1ccc(CSc2nnc(C)n2C)cc1C#CCN. The zero-order valence-corrected chi connectivity index (χ0v) is 13.2. The van der Waals surface area contributed by atoms with Crippen molar-refractivity contribution in [3.8, 4) is 17.6 Å². The Kier molecular flexibility index (Phi) is 5.26. The minimum Gasteiger partial charge on any atom is -0.495 e. The summed E-state index contributed by atoms with van der Waals surface area (Å²) in [6, 6.07) is 5.98. The second-order valence-corrected chi connectivity index (χ2v) is 5.36. The number of aryl methyl sites for hydroxylation is 1. The molecular weight excluding hydrogens is 284 g/mol. The number of aromatic nitrogens is 3. The number of hydrogen-bond acceptors (Lipinski definition) is 5. The molecule has 110 valence electrons. The van der Waals surface area contributed by atoms with Gasteiger partial charge in [-0.15, -0.1) is 10.2 Å². The number of nitrogens with two attached hydrogens (primary N) is 1. The minimum absolute atomic E-state index is 0.334. The smallest absolute Gasteiger partial charge is 0.191 e. The fraction of sp³-hybridized carbons (Fsp3) is 0.333. The molecule has 0 saturated carbocycles. The zero-order chi connectivity index (χ0) is 15.2. The molecule has 0 bridgehead atoms. The van der Waals surface area contributed by atoms with E-state index in [2.05, 4.69) is 22.0 Å². The van der Waals surface area contributed by atoms with Crippen LogP contribution in [0, 0.1) is 18.8 Å². The van der Waals surface area contributed by atoms with Gasteiger partial charge in [-0.25, -0.2) is 0 Å². The van der Waals surface area contributed by atoms with Gasteiger partial charge in [0.1, 0.15) is 11.6 Å². The third kappa shape index (κ3) is 3.78. The third-order valence-corrected chi connectivity index (χ3v) is 4.10. The van der Waals surface area contributed by atoms with Gasteiger partial charge < -0.3 is 15.0 Å². The molecule has 0 unspecified atom stereocenters. The van der Waals surface area contributed by atoms with Gasteiger partial charge in [0, 0.05) is 12.8 Å². The van der Waals surface area contributed by atoms with Crippen LogP contribution in [0.3, 0.4) is 0 Å². The summed E-state index contributed by atoms with van der Waals surface area (Å²) in [6.07, 6.45) is 0. The number of hydrogen-bond donors (Lipinski definition) is 1. The molecule has 2 rings (SSSR count). The van der Waals surface area contributed by atoms with Crippen LogP contribution in [-0.2, 0) is 12.8 Å². The van der Waals surface area contributed by atoms with Crippen LogP contribution in [0.5, 0.6) is 5.75 Å².